The van der Waals surface area contributed by atoms with Crippen LogP contribution in [-0.2, 0) is 24.0 Å². The Morgan fingerprint density at radius 3 is 1.97 bits per heavy atom. The lowest BCUT2D eigenvalue weighted by Gasteiger charge is -2.24. The number of carboxylic acid groups (broad SMARTS) is 2. The number of aliphatic carboxylic acids is 2. The minimum atomic E-state index is -1.49. The number of aliphatic imine (C=N–C) groups is 1. The second-order valence-corrected chi connectivity index (χ2v) is 8.46. The molecule has 35 heavy (non-hydrogen) atoms. The second-order valence-electron chi connectivity index (χ2n) is 7.47. The number of hydrogen-bond acceptors (Lipinski definition) is 9. The molecule has 0 bridgehead atoms. The summed E-state index contributed by atoms with van der Waals surface area (Å²) in [5.74, 6) is -4.84. The van der Waals surface area contributed by atoms with Crippen LogP contribution in [0.1, 0.15) is 32.1 Å². The molecule has 0 saturated heterocycles. The van der Waals surface area contributed by atoms with Crippen molar-refractivity contribution < 1.29 is 39.3 Å². The van der Waals surface area contributed by atoms with Gasteiger partial charge in [0.1, 0.15) is 18.1 Å². The molecule has 0 fully saturated rings. The van der Waals surface area contributed by atoms with Crippen molar-refractivity contribution in [1.29, 1.82) is 0 Å². The van der Waals surface area contributed by atoms with Crippen LogP contribution in [0, 0.1) is 0 Å². The molecule has 0 aliphatic carbocycles. The van der Waals surface area contributed by atoms with Crippen LogP contribution >= 0.6 is 11.8 Å². The Morgan fingerprint density at radius 2 is 1.46 bits per heavy atom. The van der Waals surface area contributed by atoms with Crippen molar-refractivity contribution in [3.05, 3.63) is 0 Å². The molecule has 0 aliphatic rings. The maximum atomic E-state index is 12.6. The highest BCUT2D eigenvalue weighted by molar-refractivity contribution is 7.98. The van der Waals surface area contributed by atoms with Crippen molar-refractivity contribution in [2.45, 2.75) is 56.3 Å². The number of nitrogens with zero attached hydrogens (tertiary/aromatic N) is 1. The van der Waals surface area contributed by atoms with Gasteiger partial charge in [-0.05, 0) is 37.7 Å². The standard InChI is InChI=1S/C19H35N7O8S/c1-35-8-6-12(18(33)34)25-16(31)11(4-5-14(28)29)24-17(32)13(9-27)26-15(30)10(20)3-2-7-23-19(21)22/h10-13,27H,2-9,20H2,1H3,(H,24,32)(H,25,31)(H,26,30)(H,28,29)(H,33,34)(H4,21,22,23). The molecule has 0 aromatic heterocycles. The molecular formula is C19H35N7O8S. The van der Waals surface area contributed by atoms with E-state index < -0.39 is 66.9 Å². The van der Waals surface area contributed by atoms with E-state index in [9.17, 15) is 34.2 Å². The zero-order valence-electron chi connectivity index (χ0n) is 19.4. The molecule has 0 saturated carbocycles. The van der Waals surface area contributed by atoms with E-state index in [-0.39, 0.29) is 31.8 Å². The quantitative estimate of drug-likeness (QED) is 0.0483. The van der Waals surface area contributed by atoms with Crippen molar-refractivity contribution >= 4 is 47.4 Å². The van der Waals surface area contributed by atoms with Crippen LogP contribution in [0.25, 0.3) is 0 Å². The van der Waals surface area contributed by atoms with Crippen LogP contribution < -0.4 is 33.2 Å². The summed E-state index contributed by atoms with van der Waals surface area (Å²) in [7, 11) is 0. The normalized spacial score (nSPS) is 14.0. The fourth-order valence-corrected chi connectivity index (χ4v) is 3.17. The summed E-state index contributed by atoms with van der Waals surface area (Å²) >= 11 is 1.37. The van der Waals surface area contributed by atoms with Gasteiger partial charge in [0.05, 0.1) is 12.6 Å². The average molecular weight is 522 g/mol. The molecule has 200 valence electrons. The van der Waals surface area contributed by atoms with Crippen molar-refractivity contribution in [2.75, 3.05) is 25.2 Å². The van der Waals surface area contributed by atoms with E-state index in [1.165, 1.54) is 11.8 Å². The van der Waals surface area contributed by atoms with Crippen LogP contribution in [-0.4, -0.2) is 100 Å². The van der Waals surface area contributed by atoms with E-state index in [2.05, 4.69) is 20.9 Å². The van der Waals surface area contributed by atoms with Crippen molar-refractivity contribution in [1.82, 2.24) is 16.0 Å². The van der Waals surface area contributed by atoms with Crippen LogP contribution in [0.4, 0.5) is 0 Å². The van der Waals surface area contributed by atoms with E-state index in [0.29, 0.717) is 12.2 Å². The van der Waals surface area contributed by atoms with Gasteiger partial charge in [-0.2, -0.15) is 11.8 Å². The molecular weight excluding hydrogens is 486 g/mol. The number of aliphatic hydroxyl groups excluding tert-OH is 1. The summed E-state index contributed by atoms with van der Waals surface area (Å²) in [6, 6.07) is -5.19. The lowest BCUT2D eigenvalue weighted by molar-refractivity contribution is -0.143. The largest absolute Gasteiger partial charge is 0.481 e. The number of rotatable bonds is 18. The summed E-state index contributed by atoms with van der Waals surface area (Å²) in [5.41, 5.74) is 16.2. The monoisotopic (exact) mass is 521 g/mol. The zero-order valence-corrected chi connectivity index (χ0v) is 20.3. The highest BCUT2D eigenvalue weighted by Crippen LogP contribution is 2.05. The molecule has 12 N–H and O–H groups in total. The Hall–Kier alpha value is -3.11. The molecule has 0 radical (unpaired) electrons. The van der Waals surface area contributed by atoms with E-state index in [1.807, 2.05) is 0 Å². The number of carbonyl (C=O) groups is 5. The number of thioether (sulfide) groups is 1. The molecule has 0 heterocycles. The molecule has 0 aliphatic heterocycles. The fourth-order valence-electron chi connectivity index (χ4n) is 2.70. The molecule has 16 heteroatoms. The van der Waals surface area contributed by atoms with Crippen LogP contribution in [0.15, 0.2) is 4.99 Å². The number of amides is 3. The van der Waals surface area contributed by atoms with Crippen molar-refractivity contribution in [3.8, 4) is 0 Å². The van der Waals surface area contributed by atoms with Gasteiger partial charge in [0.2, 0.25) is 17.7 Å². The lowest BCUT2D eigenvalue weighted by atomic mass is 10.1. The number of hydrogen-bond donors (Lipinski definition) is 9. The van der Waals surface area contributed by atoms with E-state index in [4.69, 9.17) is 22.3 Å². The number of carboxylic acids is 2. The first-order chi connectivity index (χ1) is 16.4. The van der Waals surface area contributed by atoms with Gasteiger partial charge in [-0.1, -0.05) is 0 Å². The zero-order chi connectivity index (χ0) is 27.0. The lowest BCUT2D eigenvalue weighted by Crippen LogP contribution is -2.58. The van der Waals surface area contributed by atoms with Gasteiger partial charge in [-0.15, -0.1) is 0 Å². The third-order valence-corrected chi connectivity index (χ3v) is 5.27. The molecule has 3 amide bonds. The van der Waals surface area contributed by atoms with Gasteiger partial charge in [-0.25, -0.2) is 4.79 Å². The van der Waals surface area contributed by atoms with Crippen LogP contribution in [0.5, 0.6) is 0 Å². The first-order valence-electron chi connectivity index (χ1n) is 10.7. The summed E-state index contributed by atoms with van der Waals surface area (Å²) in [6.07, 6.45) is 1.57. The van der Waals surface area contributed by atoms with E-state index in [0.717, 1.165) is 0 Å². The van der Waals surface area contributed by atoms with Crippen LogP contribution in [0.3, 0.4) is 0 Å². The van der Waals surface area contributed by atoms with Crippen molar-refractivity contribution in [2.24, 2.45) is 22.2 Å². The Labute approximate surface area is 206 Å². The van der Waals surface area contributed by atoms with Gasteiger partial charge in [0, 0.05) is 13.0 Å². The SMILES string of the molecule is CSCCC(NC(=O)C(CCC(=O)O)NC(=O)C(CO)NC(=O)C(N)CCCN=C(N)N)C(=O)O. The third-order valence-electron chi connectivity index (χ3n) is 4.63. The molecule has 4 atom stereocenters. The maximum Gasteiger partial charge on any atom is 0.326 e. The third kappa shape index (κ3) is 14.0. The summed E-state index contributed by atoms with van der Waals surface area (Å²) in [4.78, 5) is 63.6. The molecule has 0 aromatic carbocycles. The summed E-state index contributed by atoms with van der Waals surface area (Å²) in [6.45, 7) is -0.598. The maximum absolute atomic E-state index is 12.6. The number of nitrogens with one attached hydrogen (secondary N) is 3. The average Bonchev–Trinajstić information content (AvgIpc) is 2.79. The second kappa shape index (κ2) is 17.3. The first-order valence-corrected chi connectivity index (χ1v) is 12.1. The smallest absolute Gasteiger partial charge is 0.326 e. The number of aliphatic hydroxyl groups is 1. The highest BCUT2D eigenvalue weighted by atomic mass is 32.2. The Kier molecular flexibility index (Phi) is 15.8. The van der Waals surface area contributed by atoms with Crippen molar-refractivity contribution in [3.63, 3.8) is 0 Å². The highest BCUT2D eigenvalue weighted by Gasteiger charge is 2.30. The molecule has 15 nitrogen and oxygen atoms in total. The van der Waals surface area contributed by atoms with E-state index >= 15 is 0 Å². The van der Waals surface area contributed by atoms with Gasteiger partial charge < -0.3 is 48.5 Å². The fraction of sp³-hybridized carbons (Fsp3) is 0.684. The van der Waals surface area contributed by atoms with Gasteiger partial charge in [0.15, 0.2) is 5.96 Å². The number of carbonyl (C=O) groups excluding carboxylic acids is 3. The Balaban J connectivity index is 5.19. The molecule has 0 aromatic rings. The Morgan fingerprint density at radius 1 is 0.886 bits per heavy atom. The summed E-state index contributed by atoms with van der Waals surface area (Å²) < 4.78 is 0. The number of guanidine groups is 1. The van der Waals surface area contributed by atoms with E-state index in [1.54, 1.807) is 6.26 Å². The minimum absolute atomic E-state index is 0.109. The number of nitrogens with two attached hydrogens (primary N) is 3. The molecule has 0 spiro atoms. The van der Waals surface area contributed by atoms with Gasteiger partial charge >= 0.3 is 11.9 Å². The predicted octanol–water partition coefficient (Wildman–Crippen LogP) is -3.48. The molecule has 4 unspecified atom stereocenters. The summed E-state index contributed by atoms with van der Waals surface area (Å²) in [5, 5.41) is 34.6. The van der Waals surface area contributed by atoms with Gasteiger partial charge in [0.25, 0.3) is 0 Å². The Bertz CT molecular complexity index is 763. The molecule has 0 rings (SSSR count). The predicted molar refractivity (Wildman–Crippen MR) is 128 cm³/mol. The van der Waals surface area contributed by atoms with Gasteiger partial charge in [-0.3, -0.25) is 24.2 Å². The van der Waals surface area contributed by atoms with Crippen LogP contribution in [0.2, 0.25) is 0 Å². The minimum Gasteiger partial charge on any atom is -0.481 e. The first kappa shape index (κ1) is 31.9. The topological polar surface area (TPSA) is 273 Å².